The van der Waals surface area contributed by atoms with E-state index in [0.717, 1.165) is 75.8 Å². The van der Waals surface area contributed by atoms with Gasteiger partial charge in [0.15, 0.2) is 0 Å². The van der Waals surface area contributed by atoms with Crippen LogP contribution in [-0.4, -0.2) is 6.10 Å². The summed E-state index contributed by atoms with van der Waals surface area (Å²) in [4.78, 5) is 2.35. The standard InChI is InChI=1S/C48H37NO2/c1-2-10-32(11-3-1)33-20-26-36(27-21-33)49(37-28-22-34(23-29-37)39-14-8-16-43-41-12-4-6-18-45(41)50-47(39)43)38-30-24-35(25-31-38)40-15-9-17-44-42-13-5-7-19-46(42)51-48(40)44/h1-2,4-10,12-16,18-31,41,44-45H,3,11,17H2. The van der Waals surface area contributed by atoms with Crippen molar-refractivity contribution < 1.29 is 9.47 Å². The highest BCUT2D eigenvalue weighted by Crippen LogP contribution is 2.49. The smallest absolute Gasteiger partial charge is 0.132 e. The Balaban J connectivity index is 1.01. The summed E-state index contributed by atoms with van der Waals surface area (Å²) in [5.74, 6) is 3.58. The lowest BCUT2D eigenvalue weighted by Crippen LogP contribution is -2.15. The molecule has 3 heteroatoms. The molecule has 51 heavy (non-hydrogen) atoms. The highest BCUT2D eigenvalue weighted by atomic mass is 16.5. The molecule has 0 spiro atoms. The van der Waals surface area contributed by atoms with Crippen LogP contribution in [0.5, 0.6) is 11.5 Å². The van der Waals surface area contributed by atoms with Gasteiger partial charge in [0.1, 0.15) is 23.4 Å². The summed E-state index contributed by atoms with van der Waals surface area (Å²) in [5.41, 5.74) is 13.1. The van der Waals surface area contributed by atoms with E-state index in [4.69, 9.17) is 9.47 Å². The van der Waals surface area contributed by atoms with Gasteiger partial charge in [-0.2, -0.15) is 0 Å². The minimum absolute atomic E-state index is 0.0642. The van der Waals surface area contributed by atoms with Gasteiger partial charge in [-0.15, -0.1) is 0 Å². The first-order valence-electron chi connectivity index (χ1n) is 18.1. The number of hydrogen-bond acceptors (Lipinski definition) is 3. The third-order valence-corrected chi connectivity index (χ3v) is 10.9. The van der Waals surface area contributed by atoms with Gasteiger partial charge in [-0.25, -0.2) is 0 Å². The van der Waals surface area contributed by atoms with E-state index >= 15 is 0 Å². The van der Waals surface area contributed by atoms with Crippen LogP contribution >= 0.6 is 0 Å². The number of allylic oxidation sites excluding steroid dienone is 10. The second kappa shape index (κ2) is 12.4. The molecule has 3 unspecified atom stereocenters. The highest BCUT2D eigenvalue weighted by molar-refractivity contribution is 5.84. The van der Waals surface area contributed by atoms with Crippen molar-refractivity contribution in [2.24, 2.45) is 0 Å². The fourth-order valence-electron chi connectivity index (χ4n) is 8.30. The molecule has 0 amide bonds. The van der Waals surface area contributed by atoms with Crippen LogP contribution in [0.2, 0.25) is 0 Å². The molecule has 5 aromatic carbocycles. The summed E-state index contributed by atoms with van der Waals surface area (Å²) in [6.07, 6.45) is 23.0. The van der Waals surface area contributed by atoms with Crippen LogP contribution < -0.4 is 14.4 Å². The lowest BCUT2D eigenvalue weighted by molar-refractivity contribution is 0.270. The molecule has 0 bridgehead atoms. The summed E-state index contributed by atoms with van der Waals surface area (Å²) in [6.45, 7) is 0. The molecule has 10 rings (SSSR count). The lowest BCUT2D eigenvalue weighted by Gasteiger charge is -2.26. The molecular weight excluding hydrogens is 623 g/mol. The van der Waals surface area contributed by atoms with Crippen LogP contribution in [0.1, 0.15) is 53.4 Å². The van der Waals surface area contributed by atoms with Crippen LogP contribution in [-0.2, 0) is 0 Å². The monoisotopic (exact) mass is 659 g/mol. The van der Waals surface area contributed by atoms with Crippen molar-refractivity contribution in [3.8, 4) is 22.6 Å². The van der Waals surface area contributed by atoms with Crippen LogP contribution in [0, 0.1) is 0 Å². The molecule has 5 aliphatic rings. The minimum Gasteiger partial charge on any atom is -0.484 e. The third kappa shape index (κ3) is 5.20. The van der Waals surface area contributed by atoms with Crippen molar-refractivity contribution in [2.75, 3.05) is 4.90 Å². The Hall–Kier alpha value is -6.06. The third-order valence-electron chi connectivity index (χ3n) is 10.9. The lowest BCUT2D eigenvalue weighted by atomic mass is 9.87. The van der Waals surface area contributed by atoms with Crippen molar-refractivity contribution in [3.05, 3.63) is 198 Å². The van der Waals surface area contributed by atoms with Gasteiger partial charge in [0.2, 0.25) is 0 Å². The number of ether oxygens (including phenoxy) is 2. The zero-order valence-electron chi connectivity index (χ0n) is 28.3. The highest BCUT2D eigenvalue weighted by Gasteiger charge is 2.34. The molecule has 3 atom stereocenters. The summed E-state index contributed by atoms with van der Waals surface area (Å²) in [6, 6.07) is 41.8. The van der Waals surface area contributed by atoms with E-state index in [2.05, 4.69) is 175 Å². The van der Waals surface area contributed by atoms with Gasteiger partial charge in [-0.1, -0.05) is 121 Å². The molecule has 0 saturated heterocycles. The average Bonchev–Trinajstić information content (AvgIpc) is 3.78. The molecule has 2 aliphatic heterocycles. The molecule has 3 aliphatic carbocycles. The normalized spacial score (nSPS) is 20.5. The van der Waals surface area contributed by atoms with Crippen molar-refractivity contribution in [3.63, 3.8) is 0 Å². The number of anilines is 3. The second-order valence-electron chi connectivity index (χ2n) is 13.8. The first-order valence-corrected chi connectivity index (χ1v) is 18.1. The van der Waals surface area contributed by atoms with Crippen molar-refractivity contribution in [1.82, 2.24) is 0 Å². The quantitative estimate of drug-likeness (QED) is 0.181. The number of nitrogens with zero attached hydrogens (tertiary/aromatic N) is 1. The van der Waals surface area contributed by atoms with Crippen molar-refractivity contribution >= 4 is 28.2 Å². The summed E-state index contributed by atoms with van der Waals surface area (Å²) in [5, 5.41) is 0. The molecule has 3 nitrogen and oxygen atoms in total. The summed E-state index contributed by atoms with van der Waals surface area (Å²) >= 11 is 0. The van der Waals surface area contributed by atoms with E-state index in [1.54, 1.807) is 0 Å². The van der Waals surface area contributed by atoms with E-state index in [9.17, 15) is 0 Å². The van der Waals surface area contributed by atoms with E-state index < -0.39 is 0 Å². The van der Waals surface area contributed by atoms with Gasteiger partial charge in [0.05, 0.1) is 0 Å². The van der Waals surface area contributed by atoms with Gasteiger partial charge in [0.25, 0.3) is 0 Å². The molecule has 0 fully saturated rings. The predicted molar refractivity (Wildman–Crippen MR) is 209 cm³/mol. The van der Waals surface area contributed by atoms with Crippen molar-refractivity contribution in [1.29, 1.82) is 0 Å². The Bertz CT molecular complexity index is 2330. The number of para-hydroxylation sites is 2. The number of rotatable bonds is 6. The Labute approximate surface area is 299 Å². The molecule has 0 aromatic heterocycles. The number of benzene rings is 5. The first kappa shape index (κ1) is 29.8. The molecule has 5 aromatic rings. The second-order valence-corrected chi connectivity index (χ2v) is 13.8. The molecule has 0 saturated carbocycles. The maximum atomic E-state index is 6.50. The van der Waals surface area contributed by atoms with Crippen molar-refractivity contribution in [2.45, 2.75) is 37.2 Å². The first-order chi connectivity index (χ1) is 25.3. The van der Waals surface area contributed by atoms with Gasteiger partial charge in [-0.3, -0.25) is 0 Å². The Morgan fingerprint density at radius 2 is 1.31 bits per heavy atom. The zero-order valence-corrected chi connectivity index (χ0v) is 28.3. The van der Waals surface area contributed by atoms with Crippen LogP contribution in [0.15, 0.2) is 176 Å². The molecule has 0 radical (unpaired) electrons. The van der Waals surface area contributed by atoms with Gasteiger partial charge in [0, 0.05) is 51.2 Å². The van der Waals surface area contributed by atoms with E-state index in [-0.39, 0.29) is 17.9 Å². The van der Waals surface area contributed by atoms with Gasteiger partial charge in [-0.05, 0) is 90.1 Å². The molecule has 0 N–H and O–H groups in total. The van der Waals surface area contributed by atoms with E-state index in [1.165, 1.54) is 22.3 Å². The Morgan fingerprint density at radius 1 is 0.608 bits per heavy atom. The van der Waals surface area contributed by atoms with Crippen LogP contribution in [0.4, 0.5) is 17.1 Å². The Morgan fingerprint density at radius 3 is 2.08 bits per heavy atom. The summed E-state index contributed by atoms with van der Waals surface area (Å²) < 4.78 is 13.0. The molecule has 246 valence electrons. The fraction of sp³-hybridized carbons (Fsp3) is 0.125. The minimum atomic E-state index is 0.0642. The predicted octanol–water partition coefficient (Wildman–Crippen LogP) is 12.4. The fourth-order valence-corrected chi connectivity index (χ4v) is 8.30. The average molecular weight is 660 g/mol. The summed E-state index contributed by atoms with van der Waals surface area (Å²) in [7, 11) is 0. The SMILES string of the molecule is C1=CCCC(c2ccc(N(c3ccc(C4=C5Oc6ccccc6C5CC=C4)cc3)c3ccc(-c4cccc5c4OC4C=CC=CC54)cc3)cc2)=C1. The maximum absolute atomic E-state index is 6.50. The zero-order chi connectivity index (χ0) is 33.7. The largest absolute Gasteiger partial charge is 0.484 e. The van der Waals surface area contributed by atoms with Gasteiger partial charge >= 0.3 is 0 Å². The van der Waals surface area contributed by atoms with Crippen LogP contribution in [0.25, 0.3) is 22.3 Å². The topological polar surface area (TPSA) is 21.7 Å². The van der Waals surface area contributed by atoms with E-state index in [1.807, 2.05) is 0 Å². The molecular formula is C48H37NO2. The Kier molecular flexibility index (Phi) is 7.23. The van der Waals surface area contributed by atoms with Crippen LogP contribution in [0.3, 0.4) is 0 Å². The maximum Gasteiger partial charge on any atom is 0.132 e. The number of hydrogen-bond donors (Lipinski definition) is 0. The number of fused-ring (bicyclic) bond motifs is 6. The molecule has 2 heterocycles. The van der Waals surface area contributed by atoms with E-state index in [0.29, 0.717) is 0 Å². The van der Waals surface area contributed by atoms with Gasteiger partial charge < -0.3 is 14.4 Å².